The number of carbonyl (C=O) groups excluding carboxylic acids is 1. The van der Waals surface area contributed by atoms with Crippen LogP contribution in [-0.4, -0.2) is 47.0 Å². The zero-order valence-electron chi connectivity index (χ0n) is 12.3. The molecule has 0 aliphatic carbocycles. The molecule has 0 N–H and O–H groups in total. The summed E-state index contributed by atoms with van der Waals surface area (Å²) in [6, 6.07) is 5.88. The molecule has 0 unspecified atom stereocenters. The fourth-order valence-corrected chi connectivity index (χ4v) is 3.73. The zero-order chi connectivity index (χ0) is 15.5. The summed E-state index contributed by atoms with van der Waals surface area (Å²) >= 11 is 7.25. The van der Waals surface area contributed by atoms with E-state index in [1.807, 2.05) is 18.0 Å². The monoisotopic (exact) mass is 336 g/mol. The summed E-state index contributed by atoms with van der Waals surface area (Å²) in [6.07, 6.45) is 5.18. The number of anilines is 1. The second-order valence-electron chi connectivity index (χ2n) is 5.31. The van der Waals surface area contributed by atoms with Gasteiger partial charge in [-0.1, -0.05) is 11.6 Å². The van der Waals surface area contributed by atoms with Crippen molar-refractivity contribution < 1.29 is 4.79 Å². The lowest BCUT2D eigenvalue weighted by molar-refractivity contribution is 0.0718. The molecule has 2 aromatic rings. The molecule has 1 aliphatic rings. The maximum Gasteiger partial charge on any atom is 0.263 e. The molecule has 7 heteroatoms. The molecular formula is C15H17ClN4OS. The third-order valence-corrected chi connectivity index (χ3v) is 5.23. The van der Waals surface area contributed by atoms with E-state index in [2.05, 4.69) is 14.9 Å². The van der Waals surface area contributed by atoms with Crippen LogP contribution in [0.5, 0.6) is 0 Å². The molecule has 0 atom stereocenters. The van der Waals surface area contributed by atoms with Gasteiger partial charge in [0, 0.05) is 32.4 Å². The van der Waals surface area contributed by atoms with Gasteiger partial charge in [-0.25, -0.2) is 9.97 Å². The van der Waals surface area contributed by atoms with Gasteiger partial charge in [-0.2, -0.15) is 0 Å². The van der Waals surface area contributed by atoms with Gasteiger partial charge < -0.3 is 9.80 Å². The van der Waals surface area contributed by atoms with Gasteiger partial charge in [-0.15, -0.1) is 11.3 Å². The number of likely N-dealkylation sites (tertiary alicyclic amines) is 1. The summed E-state index contributed by atoms with van der Waals surface area (Å²) in [5, 5.41) is 0. The molecule has 1 saturated heterocycles. The highest BCUT2D eigenvalue weighted by Crippen LogP contribution is 2.25. The molecule has 0 spiro atoms. The van der Waals surface area contributed by atoms with Crippen LogP contribution in [0.15, 0.2) is 30.7 Å². The summed E-state index contributed by atoms with van der Waals surface area (Å²) in [5.41, 5.74) is 0. The first-order valence-corrected chi connectivity index (χ1v) is 8.38. The van der Waals surface area contributed by atoms with Crippen LogP contribution in [-0.2, 0) is 0 Å². The first-order valence-electron chi connectivity index (χ1n) is 7.18. The number of hydrogen-bond acceptors (Lipinski definition) is 5. The molecule has 116 valence electrons. The average molecular weight is 337 g/mol. The predicted molar refractivity (Wildman–Crippen MR) is 88.7 cm³/mol. The minimum atomic E-state index is 0.0834. The van der Waals surface area contributed by atoms with Crippen LogP contribution >= 0.6 is 22.9 Å². The Hall–Kier alpha value is -1.66. The molecule has 0 bridgehead atoms. The SMILES string of the molecule is CN(c1ccncn1)C1CCN(C(=O)c2ccc(Cl)s2)CC1. The number of piperidine rings is 1. The third kappa shape index (κ3) is 3.23. The molecule has 5 nitrogen and oxygen atoms in total. The molecule has 0 aromatic carbocycles. The number of carbonyl (C=O) groups is 1. The summed E-state index contributed by atoms with van der Waals surface area (Å²) in [7, 11) is 2.05. The first kappa shape index (κ1) is 15.2. The van der Waals surface area contributed by atoms with Gasteiger partial charge in [-0.05, 0) is 31.0 Å². The lowest BCUT2D eigenvalue weighted by atomic mass is 10.0. The molecule has 3 heterocycles. The van der Waals surface area contributed by atoms with Crippen LogP contribution in [0.2, 0.25) is 4.34 Å². The van der Waals surface area contributed by atoms with E-state index >= 15 is 0 Å². The number of hydrogen-bond donors (Lipinski definition) is 0. The van der Waals surface area contributed by atoms with E-state index in [1.165, 1.54) is 11.3 Å². The number of aromatic nitrogens is 2. The van der Waals surface area contributed by atoms with E-state index in [1.54, 1.807) is 24.7 Å². The van der Waals surface area contributed by atoms with Crippen molar-refractivity contribution in [1.29, 1.82) is 0 Å². The standard InChI is InChI=1S/C15H17ClN4OS/c1-19(14-4-7-17-10-18-14)11-5-8-20(9-6-11)15(21)12-2-3-13(16)22-12/h2-4,7,10-11H,5-6,8-9H2,1H3. The second-order valence-corrected chi connectivity index (χ2v) is 7.02. The van der Waals surface area contributed by atoms with Gasteiger partial charge in [0.1, 0.15) is 12.1 Å². The smallest absolute Gasteiger partial charge is 0.263 e. The topological polar surface area (TPSA) is 49.3 Å². The van der Waals surface area contributed by atoms with Gasteiger partial charge in [0.05, 0.1) is 9.21 Å². The van der Waals surface area contributed by atoms with Gasteiger partial charge in [0.25, 0.3) is 5.91 Å². The number of amides is 1. The highest BCUT2D eigenvalue weighted by molar-refractivity contribution is 7.17. The van der Waals surface area contributed by atoms with Crippen LogP contribution in [0.25, 0.3) is 0 Å². The second kappa shape index (κ2) is 6.62. The maximum absolute atomic E-state index is 12.4. The molecular weight excluding hydrogens is 320 g/mol. The average Bonchev–Trinajstić information content (AvgIpc) is 3.01. The van der Waals surface area contributed by atoms with Gasteiger partial charge in [0.15, 0.2) is 0 Å². The van der Waals surface area contributed by atoms with Crippen LogP contribution in [0.4, 0.5) is 5.82 Å². The Labute approximate surface area is 138 Å². The van der Waals surface area contributed by atoms with Gasteiger partial charge >= 0.3 is 0 Å². The fourth-order valence-electron chi connectivity index (χ4n) is 2.72. The van der Waals surface area contributed by atoms with Gasteiger partial charge in [0.2, 0.25) is 0 Å². The number of nitrogens with zero attached hydrogens (tertiary/aromatic N) is 4. The highest BCUT2D eigenvalue weighted by atomic mass is 35.5. The van der Waals surface area contributed by atoms with Crippen molar-refractivity contribution in [3.8, 4) is 0 Å². The molecule has 1 amide bonds. The quantitative estimate of drug-likeness (QED) is 0.864. The normalized spacial score (nSPS) is 15.8. The van der Waals surface area contributed by atoms with E-state index in [0.717, 1.165) is 31.7 Å². The molecule has 0 saturated carbocycles. The van der Waals surface area contributed by atoms with E-state index < -0.39 is 0 Å². The number of halogens is 1. The molecule has 1 fully saturated rings. The molecule has 2 aromatic heterocycles. The predicted octanol–water partition coefficient (Wildman–Crippen LogP) is 2.93. The number of thiophene rings is 1. The lowest BCUT2D eigenvalue weighted by Crippen LogP contribution is -2.45. The lowest BCUT2D eigenvalue weighted by Gasteiger charge is -2.37. The Kier molecular flexibility index (Phi) is 4.59. The summed E-state index contributed by atoms with van der Waals surface area (Å²) in [6.45, 7) is 1.52. The van der Waals surface area contributed by atoms with Crippen LogP contribution < -0.4 is 4.90 Å². The van der Waals surface area contributed by atoms with Crippen LogP contribution in [0.1, 0.15) is 22.5 Å². The Balaban J connectivity index is 1.59. The van der Waals surface area contributed by atoms with E-state index in [0.29, 0.717) is 15.3 Å². The number of rotatable bonds is 3. The minimum Gasteiger partial charge on any atom is -0.356 e. The Morgan fingerprint density at radius 3 is 2.73 bits per heavy atom. The molecule has 1 aliphatic heterocycles. The minimum absolute atomic E-state index is 0.0834. The molecule has 3 rings (SSSR count). The van der Waals surface area contributed by atoms with Crippen molar-refractivity contribution in [1.82, 2.24) is 14.9 Å². The molecule has 0 radical (unpaired) electrons. The van der Waals surface area contributed by atoms with E-state index in [9.17, 15) is 4.79 Å². The van der Waals surface area contributed by atoms with Crippen molar-refractivity contribution in [2.75, 3.05) is 25.0 Å². The third-order valence-electron chi connectivity index (χ3n) is 4.01. The van der Waals surface area contributed by atoms with Crippen LogP contribution in [0, 0.1) is 0 Å². The van der Waals surface area contributed by atoms with Crippen molar-refractivity contribution in [2.45, 2.75) is 18.9 Å². The van der Waals surface area contributed by atoms with Crippen molar-refractivity contribution in [3.63, 3.8) is 0 Å². The fraction of sp³-hybridized carbons (Fsp3) is 0.400. The van der Waals surface area contributed by atoms with Gasteiger partial charge in [-0.3, -0.25) is 4.79 Å². The molecule has 22 heavy (non-hydrogen) atoms. The van der Waals surface area contributed by atoms with Crippen molar-refractivity contribution in [2.24, 2.45) is 0 Å². The van der Waals surface area contributed by atoms with Crippen molar-refractivity contribution >= 4 is 34.7 Å². The highest BCUT2D eigenvalue weighted by Gasteiger charge is 2.27. The zero-order valence-corrected chi connectivity index (χ0v) is 13.8. The maximum atomic E-state index is 12.4. The van der Waals surface area contributed by atoms with Crippen LogP contribution in [0.3, 0.4) is 0 Å². The first-order chi connectivity index (χ1) is 10.6. The van der Waals surface area contributed by atoms with E-state index in [-0.39, 0.29) is 5.91 Å². The Morgan fingerprint density at radius 2 is 2.14 bits per heavy atom. The Morgan fingerprint density at radius 1 is 1.36 bits per heavy atom. The summed E-state index contributed by atoms with van der Waals surface area (Å²) in [5.74, 6) is 1.00. The summed E-state index contributed by atoms with van der Waals surface area (Å²) < 4.78 is 0.654. The van der Waals surface area contributed by atoms with E-state index in [4.69, 9.17) is 11.6 Å². The van der Waals surface area contributed by atoms with Crippen molar-refractivity contribution in [3.05, 3.63) is 39.9 Å². The Bertz CT molecular complexity index is 640. The largest absolute Gasteiger partial charge is 0.356 e. The summed E-state index contributed by atoms with van der Waals surface area (Å²) in [4.78, 5) is 25.4.